The Balaban J connectivity index is 3.11. The van der Waals surface area contributed by atoms with Gasteiger partial charge in [-0.05, 0) is 19.3 Å². The summed E-state index contributed by atoms with van der Waals surface area (Å²) in [5.41, 5.74) is -2.09. The van der Waals surface area contributed by atoms with Crippen molar-refractivity contribution in [3.63, 3.8) is 0 Å². The maximum Gasteiger partial charge on any atom is 0.377 e. The largest absolute Gasteiger partial charge is 0.465 e. The molecule has 0 radical (unpaired) electrons. The van der Waals surface area contributed by atoms with Crippen molar-refractivity contribution in [3.8, 4) is 0 Å². The zero-order valence-electron chi connectivity index (χ0n) is 14.3. The third-order valence-corrected chi connectivity index (χ3v) is 4.69. The molecular formula is C16H22F8O2. The molecule has 0 atom stereocenters. The lowest BCUT2D eigenvalue weighted by Gasteiger charge is -2.40. The first kappa shape index (κ1) is 23.0. The van der Waals surface area contributed by atoms with Crippen LogP contribution in [0.4, 0.5) is 35.1 Å². The SMILES string of the molecule is CCCCOC(=O)C1(CC(F)(F)C(F)(F)C(F)(F)C(F)F)CCCCC1. The van der Waals surface area contributed by atoms with Crippen molar-refractivity contribution in [2.45, 2.75) is 82.5 Å². The number of carbonyl (C=O) groups excluding carboxylic acids is 1. The van der Waals surface area contributed by atoms with Crippen LogP contribution in [0.1, 0.15) is 58.3 Å². The molecular weight excluding hydrogens is 376 g/mol. The van der Waals surface area contributed by atoms with Crippen molar-refractivity contribution in [2.75, 3.05) is 6.61 Å². The molecule has 10 heteroatoms. The van der Waals surface area contributed by atoms with Gasteiger partial charge < -0.3 is 4.74 Å². The summed E-state index contributed by atoms with van der Waals surface area (Å²) in [7, 11) is 0. The Morgan fingerprint density at radius 3 is 2.04 bits per heavy atom. The lowest BCUT2D eigenvalue weighted by Crippen LogP contribution is -2.59. The van der Waals surface area contributed by atoms with Crippen LogP contribution in [-0.4, -0.2) is 36.8 Å². The summed E-state index contributed by atoms with van der Waals surface area (Å²) in [6, 6.07) is 0. The van der Waals surface area contributed by atoms with Gasteiger partial charge in [0.15, 0.2) is 0 Å². The molecule has 0 bridgehead atoms. The minimum Gasteiger partial charge on any atom is -0.465 e. The Morgan fingerprint density at radius 1 is 1.04 bits per heavy atom. The summed E-state index contributed by atoms with van der Waals surface area (Å²) < 4.78 is 111. The molecule has 1 saturated carbocycles. The molecule has 0 aromatic rings. The van der Waals surface area contributed by atoms with E-state index in [0.717, 1.165) is 0 Å². The van der Waals surface area contributed by atoms with E-state index in [4.69, 9.17) is 4.74 Å². The highest BCUT2D eigenvalue weighted by atomic mass is 19.4. The number of esters is 1. The standard InChI is InChI=1S/C16H22F8O2/c1-2-3-9-26-12(25)13(7-5-4-6-8-13)10-14(19,20)16(23,24)15(21,22)11(17)18/h11H,2-10H2,1H3. The molecule has 0 unspecified atom stereocenters. The number of hydrogen-bond acceptors (Lipinski definition) is 2. The number of hydrogen-bond donors (Lipinski definition) is 0. The zero-order chi connectivity index (χ0) is 20.2. The quantitative estimate of drug-likeness (QED) is 0.277. The first-order chi connectivity index (χ1) is 11.8. The van der Waals surface area contributed by atoms with Crippen LogP contribution in [-0.2, 0) is 9.53 Å². The predicted molar refractivity (Wildman–Crippen MR) is 76.8 cm³/mol. The van der Waals surface area contributed by atoms with E-state index in [9.17, 15) is 39.9 Å². The number of carbonyl (C=O) groups is 1. The van der Waals surface area contributed by atoms with Gasteiger partial charge in [-0.2, -0.15) is 26.3 Å². The number of alkyl halides is 8. The van der Waals surface area contributed by atoms with Crippen molar-refractivity contribution in [2.24, 2.45) is 5.41 Å². The molecule has 0 amide bonds. The average Bonchev–Trinajstić information content (AvgIpc) is 2.54. The second-order valence-corrected chi connectivity index (χ2v) is 6.71. The van der Waals surface area contributed by atoms with Crippen molar-refractivity contribution in [1.82, 2.24) is 0 Å². The third-order valence-electron chi connectivity index (χ3n) is 4.69. The monoisotopic (exact) mass is 398 g/mol. The lowest BCUT2D eigenvalue weighted by molar-refractivity contribution is -0.344. The topological polar surface area (TPSA) is 26.3 Å². The van der Waals surface area contributed by atoms with E-state index in [1.165, 1.54) is 0 Å². The fraction of sp³-hybridized carbons (Fsp3) is 0.938. The summed E-state index contributed by atoms with van der Waals surface area (Å²) in [4.78, 5) is 12.2. The van der Waals surface area contributed by atoms with Crippen LogP contribution >= 0.6 is 0 Å². The highest BCUT2D eigenvalue weighted by Crippen LogP contribution is 2.55. The van der Waals surface area contributed by atoms with E-state index < -0.39 is 42.0 Å². The maximum absolute atomic E-state index is 14.1. The van der Waals surface area contributed by atoms with Crippen LogP contribution in [0.5, 0.6) is 0 Å². The van der Waals surface area contributed by atoms with Crippen molar-refractivity contribution in [3.05, 3.63) is 0 Å². The minimum absolute atomic E-state index is 0.119. The van der Waals surface area contributed by atoms with Crippen molar-refractivity contribution >= 4 is 5.97 Å². The molecule has 26 heavy (non-hydrogen) atoms. The Bertz CT molecular complexity index is 473. The maximum atomic E-state index is 14.1. The second kappa shape index (κ2) is 8.29. The third kappa shape index (κ3) is 4.42. The normalized spacial score (nSPS) is 18.8. The molecule has 1 aliphatic rings. The molecule has 0 N–H and O–H groups in total. The number of halogens is 8. The van der Waals surface area contributed by atoms with Gasteiger partial charge in [0.1, 0.15) is 0 Å². The van der Waals surface area contributed by atoms with Gasteiger partial charge in [-0.25, -0.2) is 8.78 Å². The average molecular weight is 398 g/mol. The summed E-state index contributed by atoms with van der Waals surface area (Å²) in [6.07, 6.45) is -5.34. The summed E-state index contributed by atoms with van der Waals surface area (Å²) >= 11 is 0. The smallest absolute Gasteiger partial charge is 0.377 e. The minimum atomic E-state index is -6.30. The molecule has 0 spiro atoms. The molecule has 1 rings (SSSR count). The highest BCUT2D eigenvalue weighted by molar-refractivity contribution is 5.77. The van der Waals surface area contributed by atoms with Gasteiger partial charge in [0.25, 0.3) is 0 Å². The Kier molecular flexibility index (Phi) is 7.32. The van der Waals surface area contributed by atoms with Crippen molar-refractivity contribution in [1.29, 1.82) is 0 Å². The van der Waals surface area contributed by atoms with Crippen molar-refractivity contribution < 1.29 is 44.7 Å². The molecule has 0 aromatic carbocycles. The summed E-state index contributed by atoms with van der Waals surface area (Å²) in [6.45, 7) is 1.65. The van der Waals surface area contributed by atoms with Crippen LogP contribution in [0.25, 0.3) is 0 Å². The van der Waals surface area contributed by atoms with Gasteiger partial charge in [-0.3, -0.25) is 4.79 Å². The van der Waals surface area contributed by atoms with Gasteiger partial charge in [0.05, 0.1) is 12.0 Å². The molecule has 0 saturated heterocycles. The van der Waals surface area contributed by atoms with Crippen LogP contribution in [0.15, 0.2) is 0 Å². The zero-order valence-corrected chi connectivity index (χ0v) is 14.3. The molecule has 0 aliphatic heterocycles. The second-order valence-electron chi connectivity index (χ2n) is 6.71. The summed E-state index contributed by atoms with van der Waals surface area (Å²) in [5.74, 6) is -19.2. The van der Waals surface area contributed by atoms with E-state index in [1.807, 2.05) is 0 Å². The molecule has 0 aromatic heterocycles. The number of ether oxygens (including phenoxy) is 1. The highest BCUT2D eigenvalue weighted by Gasteiger charge is 2.76. The molecule has 1 aliphatic carbocycles. The Morgan fingerprint density at radius 2 is 1.58 bits per heavy atom. The molecule has 2 nitrogen and oxygen atoms in total. The predicted octanol–water partition coefficient (Wildman–Crippen LogP) is 5.84. The van der Waals surface area contributed by atoms with E-state index >= 15 is 0 Å². The molecule has 1 fully saturated rings. The van der Waals surface area contributed by atoms with Crippen LogP contribution in [0, 0.1) is 5.41 Å². The number of unbranched alkanes of at least 4 members (excludes halogenated alkanes) is 1. The lowest BCUT2D eigenvalue weighted by atomic mass is 9.69. The fourth-order valence-electron chi connectivity index (χ4n) is 3.06. The van der Waals surface area contributed by atoms with Crippen LogP contribution < -0.4 is 0 Å². The first-order valence-corrected chi connectivity index (χ1v) is 8.43. The summed E-state index contributed by atoms with van der Waals surface area (Å²) in [5, 5.41) is 0. The van der Waals surface area contributed by atoms with Crippen LogP contribution in [0.3, 0.4) is 0 Å². The van der Waals surface area contributed by atoms with Gasteiger partial charge >= 0.3 is 30.2 Å². The fourth-order valence-corrected chi connectivity index (χ4v) is 3.06. The van der Waals surface area contributed by atoms with E-state index in [1.54, 1.807) is 6.92 Å². The molecule has 154 valence electrons. The number of rotatable bonds is 9. The molecule has 0 heterocycles. The van der Waals surface area contributed by atoms with E-state index in [0.29, 0.717) is 19.3 Å². The first-order valence-electron chi connectivity index (χ1n) is 8.43. The van der Waals surface area contributed by atoms with E-state index in [2.05, 4.69) is 0 Å². The van der Waals surface area contributed by atoms with Crippen LogP contribution in [0.2, 0.25) is 0 Å². The van der Waals surface area contributed by atoms with Gasteiger partial charge in [-0.15, -0.1) is 0 Å². The van der Waals surface area contributed by atoms with Gasteiger partial charge in [0.2, 0.25) is 0 Å². The van der Waals surface area contributed by atoms with E-state index in [-0.39, 0.29) is 32.3 Å². The van der Waals surface area contributed by atoms with Gasteiger partial charge in [-0.1, -0.05) is 32.6 Å². The Hall–Kier alpha value is -1.09. The Labute approximate surface area is 146 Å². The van der Waals surface area contributed by atoms with Gasteiger partial charge in [0, 0.05) is 6.42 Å².